The highest BCUT2D eigenvalue weighted by Gasteiger charge is 2.33. The van der Waals surface area contributed by atoms with Crippen molar-refractivity contribution in [3.05, 3.63) is 89.2 Å². The fourth-order valence-corrected chi connectivity index (χ4v) is 3.96. The van der Waals surface area contributed by atoms with Gasteiger partial charge in [0.05, 0.1) is 30.9 Å². The lowest BCUT2D eigenvalue weighted by Gasteiger charge is -2.38. The van der Waals surface area contributed by atoms with Crippen molar-refractivity contribution in [1.29, 1.82) is 0 Å². The van der Waals surface area contributed by atoms with Crippen LogP contribution in [0.2, 0.25) is 0 Å². The lowest BCUT2D eigenvalue weighted by molar-refractivity contribution is -0.100. The molecule has 188 valence electrons. The molecule has 0 aromatic heterocycles. The first kappa shape index (κ1) is 25.6. The van der Waals surface area contributed by atoms with Crippen LogP contribution in [0.15, 0.2) is 66.7 Å². The lowest BCUT2D eigenvalue weighted by Crippen LogP contribution is -2.41. The third-order valence-corrected chi connectivity index (χ3v) is 6.51. The molecule has 0 N–H and O–H groups in total. The van der Waals surface area contributed by atoms with E-state index in [2.05, 4.69) is 31.2 Å². The Kier molecular flexibility index (Phi) is 7.85. The van der Waals surface area contributed by atoms with Gasteiger partial charge in [0, 0.05) is 11.5 Å². The highest BCUT2D eigenvalue weighted by molar-refractivity contribution is 5.92. The maximum Gasteiger partial charge on any atom is 0.343 e. The molecule has 0 radical (unpaired) electrons. The fourth-order valence-electron chi connectivity index (χ4n) is 3.96. The molecule has 6 heteroatoms. The quantitative estimate of drug-likeness (QED) is 0.253. The van der Waals surface area contributed by atoms with E-state index in [9.17, 15) is 14.0 Å². The van der Waals surface area contributed by atoms with E-state index in [0.717, 1.165) is 43.2 Å². The molecule has 3 aromatic rings. The second kappa shape index (κ2) is 11.0. The van der Waals surface area contributed by atoms with Gasteiger partial charge in [-0.3, -0.25) is 0 Å². The van der Waals surface area contributed by atoms with Crippen LogP contribution >= 0.6 is 0 Å². The van der Waals surface area contributed by atoms with E-state index in [1.165, 1.54) is 17.7 Å². The molecule has 1 aliphatic rings. The van der Waals surface area contributed by atoms with Gasteiger partial charge in [0.15, 0.2) is 0 Å². The summed E-state index contributed by atoms with van der Waals surface area (Å²) in [5.74, 6) is -1.94. The minimum absolute atomic E-state index is 0.0150. The van der Waals surface area contributed by atoms with E-state index in [-0.39, 0.29) is 29.3 Å². The fraction of sp³-hybridized carbons (Fsp3) is 0.333. The van der Waals surface area contributed by atoms with Crippen LogP contribution in [0.4, 0.5) is 4.39 Å². The van der Waals surface area contributed by atoms with Gasteiger partial charge in [0.25, 0.3) is 0 Å². The molecule has 1 unspecified atom stereocenters. The zero-order chi connectivity index (χ0) is 25.7. The molecule has 5 nitrogen and oxygen atoms in total. The highest BCUT2D eigenvalue weighted by atomic mass is 19.1. The van der Waals surface area contributed by atoms with Crippen LogP contribution in [0.3, 0.4) is 0 Å². The van der Waals surface area contributed by atoms with E-state index in [1.807, 2.05) is 26.0 Å². The van der Waals surface area contributed by atoms with E-state index in [1.54, 1.807) is 12.1 Å². The van der Waals surface area contributed by atoms with Crippen molar-refractivity contribution >= 4 is 11.9 Å². The molecule has 0 amide bonds. The number of carbonyl (C=O) groups is 2. The Bertz CT molecular complexity index is 1210. The van der Waals surface area contributed by atoms with E-state index in [4.69, 9.17) is 14.2 Å². The SMILES string of the molecule is CCC(C)COC(=O)c1ccc(OC(=O)c2ccc(-c3ccc(CC4(C)COC4)cc3)cc2)cc1F. The summed E-state index contributed by atoms with van der Waals surface area (Å²) in [6.45, 7) is 7.98. The van der Waals surface area contributed by atoms with E-state index >= 15 is 0 Å². The van der Waals surface area contributed by atoms with Crippen molar-refractivity contribution in [2.24, 2.45) is 11.3 Å². The molecule has 1 saturated heterocycles. The second-order valence-electron chi connectivity index (χ2n) is 9.90. The summed E-state index contributed by atoms with van der Waals surface area (Å²) in [5.41, 5.74) is 3.67. The Balaban J connectivity index is 1.36. The van der Waals surface area contributed by atoms with Gasteiger partial charge in [-0.15, -0.1) is 0 Å². The first-order valence-corrected chi connectivity index (χ1v) is 12.2. The predicted octanol–water partition coefficient (Wildman–Crippen LogP) is 6.49. The Hall–Kier alpha value is -3.51. The molecule has 4 rings (SSSR count). The first-order chi connectivity index (χ1) is 17.3. The van der Waals surface area contributed by atoms with Crippen molar-refractivity contribution in [2.45, 2.75) is 33.6 Å². The van der Waals surface area contributed by atoms with Gasteiger partial charge in [-0.2, -0.15) is 0 Å². The van der Waals surface area contributed by atoms with E-state index < -0.39 is 17.8 Å². The van der Waals surface area contributed by atoms with Gasteiger partial charge in [0.1, 0.15) is 11.6 Å². The maximum absolute atomic E-state index is 14.4. The molecule has 3 aromatic carbocycles. The average Bonchev–Trinajstić information content (AvgIpc) is 2.86. The molecule has 0 bridgehead atoms. The number of rotatable bonds is 9. The largest absolute Gasteiger partial charge is 0.462 e. The van der Waals surface area contributed by atoms with Crippen molar-refractivity contribution in [3.63, 3.8) is 0 Å². The van der Waals surface area contributed by atoms with Gasteiger partial charge in [-0.05, 0) is 53.3 Å². The molecule has 0 spiro atoms. The smallest absolute Gasteiger partial charge is 0.343 e. The Morgan fingerprint density at radius 1 is 0.972 bits per heavy atom. The molecule has 1 fully saturated rings. The minimum Gasteiger partial charge on any atom is -0.462 e. The van der Waals surface area contributed by atoms with Crippen LogP contribution in [0.25, 0.3) is 11.1 Å². The van der Waals surface area contributed by atoms with Crippen molar-refractivity contribution in [1.82, 2.24) is 0 Å². The topological polar surface area (TPSA) is 61.8 Å². The van der Waals surface area contributed by atoms with Crippen LogP contribution in [0.1, 0.15) is 53.5 Å². The van der Waals surface area contributed by atoms with Crippen molar-refractivity contribution in [3.8, 4) is 16.9 Å². The van der Waals surface area contributed by atoms with Gasteiger partial charge < -0.3 is 14.2 Å². The molecular formula is C30H31FO5. The van der Waals surface area contributed by atoms with Crippen LogP contribution < -0.4 is 4.74 Å². The summed E-state index contributed by atoms with van der Waals surface area (Å²) in [5, 5.41) is 0. The molecular weight excluding hydrogens is 459 g/mol. The Morgan fingerprint density at radius 2 is 1.61 bits per heavy atom. The Labute approximate surface area is 211 Å². The minimum atomic E-state index is -0.799. The molecule has 1 aliphatic heterocycles. The summed E-state index contributed by atoms with van der Waals surface area (Å²) in [6, 6.07) is 19.1. The number of hydrogen-bond acceptors (Lipinski definition) is 5. The summed E-state index contributed by atoms with van der Waals surface area (Å²) >= 11 is 0. The molecule has 0 saturated carbocycles. The number of hydrogen-bond donors (Lipinski definition) is 0. The predicted molar refractivity (Wildman–Crippen MR) is 136 cm³/mol. The van der Waals surface area contributed by atoms with Gasteiger partial charge >= 0.3 is 11.9 Å². The van der Waals surface area contributed by atoms with Crippen LogP contribution in [-0.4, -0.2) is 31.8 Å². The zero-order valence-electron chi connectivity index (χ0n) is 20.9. The summed E-state index contributed by atoms with van der Waals surface area (Å²) in [7, 11) is 0. The monoisotopic (exact) mass is 490 g/mol. The molecule has 1 heterocycles. The molecule has 1 atom stereocenters. The third kappa shape index (κ3) is 6.18. The van der Waals surface area contributed by atoms with Gasteiger partial charge in [0.2, 0.25) is 0 Å². The van der Waals surface area contributed by atoms with Crippen molar-refractivity contribution < 1.29 is 28.2 Å². The molecule has 36 heavy (non-hydrogen) atoms. The third-order valence-electron chi connectivity index (χ3n) is 6.51. The average molecular weight is 491 g/mol. The van der Waals surface area contributed by atoms with Gasteiger partial charge in [-0.25, -0.2) is 14.0 Å². The lowest BCUT2D eigenvalue weighted by atomic mass is 9.82. The number of ether oxygens (including phenoxy) is 3. The van der Waals surface area contributed by atoms with Crippen LogP contribution in [0.5, 0.6) is 5.75 Å². The van der Waals surface area contributed by atoms with E-state index in [0.29, 0.717) is 5.56 Å². The molecule has 0 aliphatic carbocycles. The van der Waals surface area contributed by atoms with Crippen LogP contribution in [0, 0.1) is 17.2 Å². The number of carbonyl (C=O) groups excluding carboxylic acids is 2. The summed E-state index contributed by atoms with van der Waals surface area (Å²) in [4.78, 5) is 24.7. The maximum atomic E-state index is 14.4. The number of esters is 2. The summed E-state index contributed by atoms with van der Waals surface area (Å²) < 4.78 is 30.2. The zero-order valence-corrected chi connectivity index (χ0v) is 20.9. The normalized spacial score (nSPS) is 15.0. The van der Waals surface area contributed by atoms with Gasteiger partial charge in [-0.1, -0.05) is 63.6 Å². The van der Waals surface area contributed by atoms with Crippen LogP contribution in [-0.2, 0) is 15.9 Å². The Morgan fingerprint density at radius 3 is 2.17 bits per heavy atom. The number of halogens is 1. The number of benzene rings is 3. The first-order valence-electron chi connectivity index (χ1n) is 12.2. The van der Waals surface area contributed by atoms with Crippen molar-refractivity contribution in [2.75, 3.05) is 19.8 Å². The standard InChI is InChI=1S/C30H31FO5/c1-4-20(2)17-35-29(33)26-14-13-25(15-27(26)31)36-28(32)24-11-9-23(10-12-24)22-7-5-21(6-8-22)16-30(3)18-34-19-30/h5-15,20H,4,16-19H2,1-3H3. The summed E-state index contributed by atoms with van der Waals surface area (Å²) in [6.07, 6.45) is 1.84. The second-order valence-corrected chi connectivity index (χ2v) is 9.90. The highest BCUT2D eigenvalue weighted by Crippen LogP contribution is 2.31.